The Balaban J connectivity index is 1.92. The number of benzene rings is 2. The molecule has 0 saturated heterocycles. The number of nitrogens with zero attached hydrogens (tertiary/aromatic N) is 1. The van der Waals surface area contributed by atoms with E-state index in [0.717, 1.165) is 24.5 Å². The van der Waals surface area contributed by atoms with Gasteiger partial charge in [0.1, 0.15) is 11.5 Å². The minimum Gasteiger partial charge on any atom is -0.497 e. The van der Waals surface area contributed by atoms with Crippen molar-refractivity contribution in [1.82, 2.24) is 0 Å². The Morgan fingerprint density at radius 1 is 0.895 bits per heavy atom. The van der Waals surface area contributed by atoms with Crippen molar-refractivity contribution in [3.05, 3.63) is 48.0 Å². The zero-order valence-electron chi connectivity index (χ0n) is 11.2. The predicted molar refractivity (Wildman–Crippen MR) is 76.7 cm³/mol. The number of methoxy groups -OCH3 is 2. The van der Waals surface area contributed by atoms with Crippen LogP contribution in [0.25, 0.3) is 0 Å². The maximum Gasteiger partial charge on any atom is 0.119 e. The van der Waals surface area contributed by atoms with Crippen molar-refractivity contribution < 1.29 is 9.47 Å². The quantitative estimate of drug-likeness (QED) is 0.839. The smallest absolute Gasteiger partial charge is 0.119 e. The van der Waals surface area contributed by atoms with E-state index in [1.165, 1.54) is 16.9 Å². The molecule has 98 valence electrons. The van der Waals surface area contributed by atoms with Crippen LogP contribution in [0.2, 0.25) is 0 Å². The van der Waals surface area contributed by atoms with Gasteiger partial charge in [0.15, 0.2) is 0 Å². The van der Waals surface area contributed by atoms with Crippen LogP contribution in [0.3, 0.4) is 0 Å². The Bertz CT molecular complexity index is 578. The second kappa shape index (κ2) is 4.84. The number of fused-ring (bicyclic) bond motifs is 1. The van der Waals surface area contributed by atoms with Gasteiger partial charge in [0.2, 0.25) is 0 Å². The highest BCUT2D eigenvalue weighted by molar-refractivity contribution is 5.71. The Hall–Kier alpha value is -2.16. The van der Waals surface area contributed by atoms with Gasteiger partial charge < -0.3 is 14.4 Å². The average Bonchev–Trinajstić information content (AvgIpc) is 2.90. The molecule has 0 unspecified atom stereocenters. The summed E-state index contributed by atoms with van der Waals surface area (Å²) < 4.78 is 10.5. The molecule has 3 nitrogen and oxygen atoms in total. The van der Waals surface area contributed by atoms with Crippen LogP contribution in [-0.2, 0) is 6.42 Å². The van der Waals surface area contributed by atoms with Gasteiger partial charge >= 0.3 is 0 Å². The van der Waals surface area contributed by atoms with Crippen molar-refractivity contribution >= 4 is 11.4 Å². The van der Waals surface area contributed by atoms with Gasteiger partial charge in [0, 0.05) is 17.9 Å². The first-order valence-corrected chi connectivity index (χ1v) is 6.40. The van der Waals surface area contributed by atoms with Crippen LogP contribution in [-0.4, -0.2) is 20.8 Å². The molecule has 1 aliphatic heterocycles. The van der Waals surface area contributed by atoms with E-state index in [9.17, 15) is 0 Å². The minimum atomic E-state index is 0.887. The van der Waals surface area contributed by atoms with Crippen LogP contribution >= 0.6 is 0 Å². The first-order chi connectivity index (χ1) is 9.31. The molecule has 0 N–H and O–H groups in total. The molecular weight excluding hydrogens is 238 g/mol. The summed E-state index contributed by atoms with van der Waals surface area (Å²) in [5.41, 5.74) is 3.81. The Kier molecular flexibility index (Phi) is 3.03. The zero-order chi connectivity index (χ0) is 13.2. The number of anilines is 2. The summed E-state index contributed by atoms with van der Waals surface area (Å²) in [6, 6.07) is 14.5. The molecule has 0 aliphatic carbocycles. The molecule has 0 radical (unpaired) electrons. The normalized spacial score (nSPS) is 13.3. The molecule has 0 bridgehead atoms. The van der Waals surface area contributed by atoms with Crippen LogP contribution in [0, 0.1) is 0 Å². The largest absolute Gasteiger partial charge is 0.497 e. The van der Waals surface area contributed by atoms with Crippen LogP contribution < -0.4 is 14.4 Å². The van der Waals surface area contributed by atoms with Crippen molar-refractivity contribution in [2.45, 2.75) is 6.42 Å². The first kappa shape index (κ1) is 11.9. The first-order valence-electron chi connectivity index (χ1n) is 6.40. The molecule has 0 saturated carbocycles. The van der Waals surface area contributed by atoms with E-state index < -0.39 is 0 Å². The summed E-state index contributed by atoms with van der Waals surface area (Å²) in [7, 11) is 3.39. The van der Waals surface area contributed by atoms with E-state index in [0.29, 0.717) is 0 Å². The lowest BCUT2D eigenvalue weighted by Crippen LogP contribution is -2.12. The summed E-state index contributed by atoms with van der Waals surface area (Å²) in [5.74, 6) is 1.81. The predicted octanol–water partition coefficient (Wildman–Crippen LogP) is 3.40. The van der Waals surface area contributed by atoms with Crippen molar-refractivity contribution in [1.29, 1.82) is 0 Å². The third-order valence-corrected chi connectivity index (χ3v) is 3.57. The Labute approximate surface area is 113 Å². The maximum atomic E-state index is 5.28. The molecule has 19 heavy (non-hydrogen) atoms. The summed E-state index contributed by atoms with van der Waals surface area (Å²) in [4.78, 5) is 2.33. The number of hydrogen-bond donors (Lipinski definition) is 0. The van der Waals surface area contributed by atoms with Crippen LogP contribution in [0.15, 0.2) is 42.5 Å². The summed E-state index contributed by atoms with van der Waals surface area (Å²) >= 11 is 0. The van der Waals surface area contributed by atoms with Crippen molar-refractivity contribution in [3.8, 4) is 11.5 Å². The topological polar surface area (TPSA) is 21.7 Å². The van der Waals surface area contributed by atoms with Crippen molar-refractivity contribution in [2.75, 3.05) is 25.7 Å². The molecule has 0 fully saturated rings. The fourth-order valence-corrected chi connectivity index (χ4v) is 2.54. The van der Waals surface area contributed by atoms with E-state index >= 15 is 0 Å². The average molecular weight is 255 g/mol. The van der Waals surface area contributed by atoms with Gasteiger partial charge in [-0.15, -0.1) is 0 Å². The van der Waals surface area contributed by atoms with E-state index in [1.807, 2.05) is 18.2 Å². The summed E-state index contributed by atoms with van der Waals surface area (Å²) in [5, 5.41) is 0. The molecule has 0 amide bonds. The molecule has 0 aromatic heterocycles. The number of hydrogen-bond acceptors (Lipinski definition) is 3. The summed E-state index contributed by atoms with van der Waals surface area (Å²) in [6.07, 6.45) is 1.05. The molecule has 2 aromatic carbocycles. The standard InChI is InChI=1S/C16H17NO2/c1-18-14-5-3-13(4-6-14)17-10-9-12-11-15(19-2)7-8-16(12)17/h3-8,11H,9-10H2,1-2H3. The molecule has 2 aromatic rings. The van der Waals surface area contributed by atoms with E-state index in [4.69, 9.17) is 9.47 Å². The molecule has 1 aliphatic rings. The van der Waals surface area contributed by atoms with Gasteiger partial charge in [-0.3, -0.25) is 0 Å². The highest BCUT2D eigenvalue weighted by Crippen LogP contribution is 2.36. The van der Waals surface area contributed by atoms with Crippen molar-refractivity contribution in [2.24, 2.45) is 0 Å². The SMILES string of the molecule is COc1ccc(N2CCc3cc(OC)ccc32)cc1. The van der Waals surface area contributed by atoms with Gasteiger partial charge in [0.05, 0.1) is 14.2 Å². The van der Waals surface area contributed by atoms with Gasteiger partial charge in [-0.25, -0.2) is 0 Å². The lowest BCUT2D eigenvalue weighted by molar-refractivity contribution is 0.414. The van der Waals surface area contributed by atoms with Crippen LogP contribution in [0.5, 0.6) is 11.5 Å². The fourth-order valence-electron chi connectivity index (χ4n) is 2.54. The lowest BCUT2D eigenvalue weighted by atomic mass is 10.1. The van der Waals surface area contributed by atoms with Gasteiger partial charge in [-0.1, -0.05) is 0 Å². The minimum absolute atomic E-state index is 0.887. The third-order valence-electron chi connectivity index (χ3n) is 3.57. The van der Waals surface area contributed by atoms with Crippen molar-refractivity contribution in [3.63, 3.8) is 0 Å². The highest BCUT2D eigenvalue weighted by Gasteiger charge is 2.20. The molecule has 0 atom stereocenters. The fraction of sp³-hybridized carbons (Fsp3) is 0.250. The van der Waals surface area contributed by atoms with Crippen LogP contribution in [0.1, 0.15) is 5.56 Å². The third kappa shape index (κ3) is 2.12. The summed E-state index contributed by atoms with van der Waals surface area (Å²) in [6.45, 7) is 1.01. The Morgan fingerprint density at radius 3 is 2.26 bits per heavy atom. The van der Waals surface area contributed by atoms with E-state index in [2.05, 4.69) is 29.2 Å². The van der Waals surface area contributed by atoms with Gasteiger partial charge in [-0.2, -0.15) is 0 Å². The van der Waals surface area contributed by atoms with Gasteiger partial charge in [-0.05, 0) is 54.4 Å². The second-order valence-corrected chi connectivity index (χ2v) is 4.59. The number of rotatable bonds is 3. The zero-order valence-corrected chi connectivity index (χ0v) is 11.2. The van der Waals surface area contributed by atoms with E-state index in [1.54, 1.807) is 14.2 Å². The highest BCUT2D eigenvalue weighted by atomic mass is 16.5. The van der Waals surface area contributed by atoms with E-state index in [-0.39, 0.29) is 0 Å². The Morgan fingerprint density at radius 2 is 1.58 bits per heavy atom. The monoisotopic (exact) mass is 255 g/mol. The number of ether oxygens (including phenoxy) is 2. The van der Waals surface area contributed by atoms with Gasteiger partial charge in [0.25, 0.3) is 0 Å². The molecular formula is C16H17NO2. The molecule has 3 heteroatoms. The lowest BCUT2D eigenvalue weighted by Gasteiger charge is -2.20. The molecule has 0 spiro atoms. The maximum absolute atomic E-state index is 5.28. The molecule has 3 rings (SSSR count). The second-order valence-electron chi connectivity index (χ2n) is 4.59. The molecule has 1 heterocycles. The van der Waals surface area contributed by atoms with Crippen LogP contribution in [0.4, 0.5) is 11.4 Å².